The second-order valence-corrected chi connectivity index (χ2v) is 5.45. The predicted octanol–water partition coefficient (Wildman–Crippen LogP) is 0.860. The van der Waals surface area contributed by atoms with E-state index in [2.05, 4.69) is 5.32 Å². The number of phenolic OH excluding ortho intramolecular Hbond substituents is 1. The molecule has 4 heteroatoms. The Morgan fingerprint density at radius 3 is 2.87 bits per heavy atom. The number of benzene rings is 1. The molecule has 1 atom stereocenters. The van der Waals surface area contributed by atoms with Crippen LogP contribution < -0.4 is 5.32 Å². The first kappa shape index (κ1) is 10.6. The van der Waals surface area contributed by atoms with Crippen molar-refractivity contribution in [2.24, 2.45) is 5.92 Å². The van der Waals surface area contributed by atoms with E-state index in [-0.39, 0.29) is 5.75 Å². The minimum atomic E-state index is -0.809. The summed E-state index contributed by atoms with van der Waals surface area (Å²) in [6.45, 7) is 1.98. The van der Waals surface area contributed by atoms with E-state index in [1.807, 2.05) is 6.07 Å². The standard InChI is InChI=1S/C11H15NO2S/c13-11-3-1-2-9(4-11)7-15(14)8-10-5-12-6-10/h1-4,10,12-13H,5-8H2. The summed E-state index contributed by atoms with van der Waals surface area (Å²) in [6, 6.07) is 6.99. The predicted molar refractivity (Wildman–Crippen MR) is 61.2 cm³/mol. The Kier molecular flexibility index (Phi) is 3.38. The number of rotatable bonds is 4. The average Bonchev–Trinajstić information content (AvgIpc) is 2.11. The van der Waals surface area contributed by atoms with Gasteiger partial charge in [-0.1, -0.05) is 12.1 Å². The first-order valence-electron chi connectivity index (χ1n) is 5.07. The molecule has 0 aliphatic carbocycles. The fraction of sp³-hybridized carbons (Fsp3) is 0.455. The lowest BCUT2D eigenvalue weighted by atomic mass is 10.1. The van der Waals surface area contributed by atoms with E-state index >= 15 is 0 Å². The molecule has 1 unspecified atom stereocenters. The second kappa shape index (κ2) is 4.77. The van der Waals surface area contributed by atoms with Gasteiger partial charge in [-0.15, -0.1) is 0 Å². The lowest BCUT2D eigenvalue weighted by Gasteiger charge is -2.26. The van der Waals surface area contributed by atoms with Crippen LogP contribution in [0.1, 0.15) is 5.56 Å². The Bertz CT molecular complexity index is 363. The molecule has 1 heterocycles. The zero-order valence-electron chi connectivity index (χ0n) is 8.48. The summed E-state index contributed by atoms with van der Waals surface area (Å²) < 4.78 is 11.7. The number of phenols is 1. The third kappa shape index (κ3) is 3.04. The van der Waals surface area contributed by atoms with E-state index in [0.717, 1.165) is 24.4 Å². The molecule has 82 valence electrons. The van der Waals surface area contributed by atoms with Crippen molar-refractivity contribution in [2.45, 2.75) is 5.75 Å². The molecule has 0 spiro atoms. The maximum absolute atomic E-state index is 11.7. The van der Waals surface area contributed by atoms with Gasteiger partial charge in [0.15, 0.2) is 0 Å². The Balaban J connectivity index is 1.87. The lowest BCUT2D eigenvalue weighted by Crippen LogP contribution is -2.44. The van der Waals surface area contributed by atoms with E-state index in [4.69, 9.17) is 0 Å². The molecule has 1 aliphatic heterocycles. The molecular weight excluding hydrogens is 210 g/mol. The average molecular weight is 225 g/mol. The van der Waals surface area contributed by atoms with Gasteiger partial charge in [0.05, 0.1) is 0 Å². The third-order valence-electron chi connectivity index (χ3n) is 2.53. The van der Waals surface area contributed by atoms with Crippen LogP contribution >= 0.6 is 0 Å². The quantitative estimate of drug-likeness (QED) is 0.799. The lowest BCUT2D eigenvalue weighted by molar-refractivity contribution is 0.382. The molecule has 0 radical (unpaired) electrons. The number of hydrogen-bond donors (Lipinski definition) is 2. The molecule has 0 bridgehead atoms. The van der Waals surface area contributed by atoms with Crippen LogP contribution in [0.5, 0.6) is 5.75 Å². The zero-order chi connectivity index (χ0) is 10.7. The normalized spacial score (nSPS) is 18.4. The van der Waals surface area contributed by atoms with Crippen LogP contribution in [0.25, 0.3) is 0 Å². The van der Waals surface area contributed by atoms with Crippen LogP contribution in [0.15, 0.2) is 24.3 Å². The second-order valence-electron chi connectivity index (χ2n) is 3.95. The highest BCUT2D eigenvalue weighted by atomic mass is 32.2. The Hall–Kier alpha value is -0.870. The summed E-state index contributed by atoms with van der Waals surface area (Å²) in [7, 11) is -0.809. The SMILES string of the molecule is O=S(Cc1cccc(O)c1)CC1CNC1. The molecular formula is C11H15NO2S. The number of hydrogen-bond acceptors (Lipinski definition) is 3. The summed E-state index contributed by atoms with van der Waals surface area (Å²) in [5, 5.41) is 12.4. The van der Waals surface area contributed by atoms with E-state index in [9.17, 15) is 9.32 Å². The zero-order valence-corrected chi connectivity index (χ0v) is 9.30. The van der Waals surface area contributed by atoms with E-state index in [0.29, 0.717) is 11.7 Å². The highest BCUT2D eigenvalue weighted by molar-refractivity contribution is 7.84. The summed E-state index contributed by atoms with van der Waals surface area (Å²) >= 11 is 0. The Labute approximate surface area is 92.0 Å². The summed E-state index contributed by atoms with van der Waals surface area (Å²) in [5.74, 6) is 2.13. The van der Waals surface area contributed by atoms with Crippen molar-refractivity contribution in [3.63, 3.8) is 0 Å². The summed E-state index contributed by atoms with van der Waals surface area (Å²) in [4.78, 5) is 0. The van der Waals surface area contributed by atoms with Crippen LogP contribution in [0.4, 0.5) is 0 Å². The van der Waals surface area contributed by atoms with Crippen molar-refractivity contribution in [3.05, 3.63) is 29.8 Å². The van der Waals surface area contributed by atoms with Crippen molar-refractivity contribution in [1.82, 2.24) is 5.32 Å². The van der Waals surface area contributed by atoms with Gasteiger partial charge in [-0.3, -0.25) is 4.21 Å². The molecule has 0 saturated carbocycles. The molecule has 15 heavy (non-hydrogen) atoms. The van der Waals surface area contributed by atoms with Crippen LogP contribution in [-0.2, 0) is 16.6 Å². The van der Waals surface area contributed by atoms with Crippen LogP contribution in [0, 0.1) is 5.92 Å². The van der Waals surface area contributed by atoms with Crippen molar-refractivity contribution < 1.29 is 9.32 Å². The third-order valence-corrected chi connectivity index (χ3v) is 4.02. The van der Waals surface area contributed by atoms with E-state index in [1.165, 1.54) is 0 Å². The van der Waals surface area contributed by atoms with Crippen molar-refractivity contribution >= 4 is 10.8 Å². The highest BCUT2D eigenvalue weighted by Crippen LogP contribution is 2.14. The number of nitrogens with one attached hydrogen (secondary N) is 1. The summed E-state index contributed by atoms with van der Waals surface area (Å²) in [6.07, 6.45) is 0. The van der Waals surface area contributed by atoms with Crippen molar-refractivity contribution in [1.29, 1.82) is 0 Å². The van der Waals surface area contributed by atoms with E-state index in [1.54, 1.807) is 18.2 Å². The molecule has 0 amide bonds. The van der Waals surface area contributed by atoms with Gasteiger partial charge in [-0.25, -0.2) is 0 Å². The van der Waals surface area contributed by atoms with Crippen molar-refractivity contribution in [2.75, 3.05) is 18.8 Å². The minimum Gasteiger partial charge on any atom is -0.508 e. The topological polar surface area (TPSA) is 49.3 Å². The fourth-order valence-electron chi connectivity index (χ4n) is 1.62. The molecule has 1 aromatic rings. The fourth-order valence-corrected chi connectivity index (χ4v) is 3.05. The molecule has 1 saturated heterocycles. The van der Waals surface area contributed by atoms with Gasteiger partial charge < -0.3 is 10.4 Å². The van der Waals surface area contributed by atoms with Gasteiger partial charge in [0.25, 0.3) is 0 Å². The largest absolute Gasteiger partial charge is 0.508 e. The molecule has 1 aromatic carbocycles. The summed E-state index contributed by atoms with van der Waals surface area (Å²) in [5.41, 5.74) is 0.945. The van der Waals surface area contributed by atoms with Gasteiger partial charge in [0.1, 0.15) is 5.75 Å². The van der Waals surface area contributed by atoms with Gasteiger partial charge >= 0.3 is 0 Å². The van der Waals surface area contributed by atoms with Crippen LogP contribution in [0.3, 0.4) is 0 Å². The Morgan fingerprint density at radius 1 is 1.47 bits per heavy atom. The maximum Gasteiger partial charge on any atom is 0.115 e. The molecule has 1 fully saturated rings. The highest BCUT2D eigenvalue weighted by Gasteiger charge is 2.19. The van der Waals surface area contributed by atoms with Gasteiger partial charge in [0, 0.05) is 35.4 Å². The first-order valence-corrected chi connectivity index (χ1v) is 6.56. The molecule has 2 rings (SSSR count). The van der Waals surface area contributed by atoms with Crippen molar-refractivity contribution in [3.8, 4) is 5.75 Å². The molecule has 1 aliphatic rings. The molecule has 3 nitrogen and oxygen atoms in total. The van der Waals surface area contributed by atoms with Gasteiger partial charge in [-0.2, -0.15) is 0 Å². The van der Waals surface area contributed by atoms with Gasteiger partial charge in [0.2, 0.25) is 0 Å². The Morgan fingerprint density at radius 2 is 2.27 bits per heavy atom. The molecule has 0 aromatic heterocycles. The smallest absolute Gasteiger partial charge is 0.115 e. The minimum absolute atomic E-state index is 0.245. The maximum atomic E-state index is 11.7. The van der Waals surface area contributed by atoms with Gasteiger partial charge in [-0.05, 0) is 23.6 Å². The molecule has 2 N–H and O–H groups in total. The van der Waals surface area contributed by atoms with Crippen LogP contribution in [-0.4, -0.2) is 28.2 Å². The van der Waals surface area contributed by atoms with E-state index < -0.39 is 10.8 Å². The first-order chi connectivity index (χ1) is 7.24. The number of aromatic hydroxyl groups is 1. The monoisotopic (exact) mass is 225 g/mol. The van der Waals surface area contributed by atoms with Crippen LogP contribution in [0.2, 0.25) is 0 Å².